The van der Waals surface area contributed by atoms with Crippen LogP contribution >= 0.6 is 23.1 Å². The summed E-state index contributed by atoms with van der Waals surface area (Å²) in [6.45, 7) is 2.90. The number of thioether (sulfide) groups is 1. The molecule has 1 aliphatic heterocycles. The van der Waals surface area contributed by atoms with Crippen molar-refractivity contribution < 1.29 is 4.79 Å². The van der Waals surface area contributed by atoms with Gasteiger partial charge in [-0.25, -0.2) is 4.98 Å². The maximum Gasteiger partial charge on any atom is 0.226 e. The molecule has 2 heterocycles. The number of hydrogen-bond donors (Lipinski definition) is 1. The molecule has 0 spiro atoms. The minimum absolute atomic E-state index is 0.0617. The second-order valence-electron chi connectivity index (χ2n) is 5.63. The third kappa shape index (κ3) is 4.56. The molecule has 122 valence electrons. The molecule has 0 bridgehead atoms. The maximum absolute atomic E-state index is 11.8. The minimum atomic E-state index is 0.0617. The largest absolute Gasteiger partial charge is 0.302 e. The Morgan fingerprint density at radius 3 is 3.00 bits per heavy atom. The van der Waals surface area contributed by atoms with Crippen molar-refractivity contribution in [3.8, 4) is 0 Å². The number of anilines is 1. The van der Waals surface area contributed by atoms with Crippen molar-refractivity contribution >= 4 is 34.1 Å². The van der Waals surface area contributed by atoms with Crippen LogP contribution in [0.5, 0.6) is 0 Å². The first kappa shape index (κ1) is 16.5. The average Bonchev–Trinajstić information content (AvgIpc) is 2.95. The molecule has 3 rings (SSSR count). The summed E-state index contributed by atoms with van der Waals surface area (Å²) >= 11 is 3.30. The molecule has 0 radical (unpaired) electrons. The molecule has 0 saturated carbocycles. The van der Waals surface area contributed by atoms with E-state index in [1.807, 2.05) is 12.3 Å². The predicted molar refractivity (Wildman–Crippen MR) is 98.0 cm³/mol. The van der Waals surface area contributed by atoms with Crippen molar-refractivity contribution in [2.45, 2.75) is 25.9 Å². The van der Waals surface area contributed by atoms with Crippen LogP contribution in [0.4, 0.5) is 5.13 Å². The third-order valence-corrected chi connectivity index (χ3v) is 5.45. The van der Waals surface area contributed by atoms with Gasteiger partial charge in [-0.15, -0.1) is 11.3 Å². The van der Waals surface area contributed by atoms with Gasteiger partial charge in [0.2, 0.25) is 5.91 Å². The first-order valence-corrected chi connectivity index (χ1v) is 9.99. The zero-order chi connectivity index (χ0) is 16.1. The van der Waals surface area contributed by atoms with Crippen LogP contribution in [0.15, 0.2) is 30.3 Å². The Hall–Kier alpha value is -1.37. The highest BCUT2D eigenvalue weighted by Crippen LogP contribution is 2.29. The fraction of sp³-hybridized carbons (Fsp3) is 0.412. The zero-order valence-electron chi connectivity index (χ0n) is 13.2. The maximum atomic E-state index is 11.8. The second kappa shape index (κ2) is 7.95. The van der Waals surface area contributed by atoms with Gasteiger partial charge >= 0.3 is 0 Å². The molecule has 1 aromatic carbocycles. The van der Waals surface area contributed by atoms with Gasteiger partial charge in [-0.1, -0.05) is 30.3 Å². The van der Waals surface area contributed by atoms with Crippen molar-refractivity contribution in [2.24, 2.45) is 0 Å². The monoisotopic (exact) mass is 347 g/mol. The highest BCUT2D eigenvalue weighted by atomic mass is 32.2. The molecule has 23 heavy (non-hydrogen) atoms. The molecule has 0 fully saturated rings. The van der Waals surface area contributed by atoms with E-state index in [0.717, 1.165) is 42.6 Å². The van der Waals surface area contributed by atoms with Crippen molar-refractivity contribution in [3.05, 3.63) is 46.5 Å². The Kier molecular flexibility index (Phi) is 5.70. The molecular weight excluding hydrogens is 326 g/mol. The number of carbonyl (C=O) groups excluding carboxylic acids is 1. The number of hydrogen-bond acceptors (Lipinski definition) is 5. The Morgan fingerprint density at radius 2 is 2.22 bits per heavy atom. The second-order valence-corrected chi connectivity index (χ2v) is 7.70. The lowest BCUT2D eigenvalue weighted by Crippen LogP contribution is -2.29. The van der Waals surface area contributed by atoms with Gasteiger partial charge in [0.25, 0.3) is 0 Å². The van der Waals surface area contributed by atoms with Crippen LogP contribution in [-0.4, -0.2) is 34.3 Å². The fourth-order valence-electron chi connectivity index (χ4n) is 2.65. The Morgan fingerprint density at radius 1 is 1.39 bits per heavy atom. The van der Waals surface area contributed by atoms with E-state index in [4.69, 9.17) is 0 Å². The molecule has 0 atom stereocenters. The molecule has 1 aromatic heterocycles. The van der Waals surface area contributed by atoms with Gasteiger partial charge in [-0.05, 0) is 11.8 Å². The standard InChI is InChI=1S/C17H21N3OS2/c1-22-10-8-16(21)19-17-18-14-7-9-20(12-15(14)23-17)11-13-5-3-2-4-6-13/h2-6H,7-12H2,1H3,(H,18,19,21). The summed E-state index contributed by atoms with van der Waals surface area (Å²) < 4.78 is 0. The molecule has 1 amide bonds. The van der Waals surface area contributed by atoms with Gasteiger partial charge < -0.3 is 5.32 Å². The molecule has 1 N–H and O–H groups in total. The highest BCUT2D eigenvalue weighted by molar-refractivity contribution is 7.98. The summed E-state index contributed by atoms with van der Waals surface area (Å²) in [4.78, 5) is 20.1. The van der Waals surface area contributed by atoms with E-state index in [1.165, 1.54) is 10.4 Å². The average molecular weight is 348 g/mol. The quantitative estimate of drug-likeness (QED) is 0.870. The first-order valence-electron chi connectivity index (χ1n) is 7.78. The SMILES string of the molecule is CSCCC(=O)Nc1nc2c(s1)CN(Cc1ccccc1)CC2. The minimum Gasteiger partial charge on any atom is -0.302 e. The molecular formula is C17H21N3OS2. The molecule has 6 heteroatoms. The van der Waals surface area contributed by atoms with E-state index in [-0.39, 0.29) is 5.91 Å². The lowest BCUT2D eigenvalue weighted by atomic mass is 10.1. The van der Waals surface area contributed by atoms with E-state index in [0.29, 0.717) is 6.42 Å². The van der Waals surface area contributed by atoms with Crippen molar-refractivity contribution in [2.75, 3.05) is 23.9 Å². The van der Waals surface area contributed by atoms with Crippen LogP contribution in [0, 0.1) is 0 Å². The summed E-state index contributed by atoms with van der Waals surface area (Å²) in [6, 6.07) is 10.5. The molecule has 0 aliphatic carbocycles. The number of rotatable bonds is 6. The lowest BCUT2D eigenvalue weighted by Gasteiger charge is -2.25. The summed E-state index contributed by atoms with van der Waals surface area (Å²) in [5, 5.41) is 3.69. The number of aromatic nitrogens is 1. The van der Waals surface area contributed by atoms with E-state index < -0.39 is 0 Å². The van der Waals surface area contributed by atoms with E-state index in [1.54, 1.807) is 23.1 Å². The van der Waals surface area contributed by atoms with Gasteiger partial charge in [0.15, 0.2) is 5.13 Å². The van der Waals surface area contributed by atoms with Gasteiger partial charge in [-0.2, -0.15) is 11.8 Å². The van der Waals surface area contributed by atoms with Crippen molar-refractivity contribution in [3.63, 3.8) is 0 Å². The number of benzene rings is 1. The topological polar surface area (TPSA) is 45.2 Å². The smallest absolute Gasteiger partial charge is 0.226 e. The predicted octanol–water partition coefficient (Wildman–Crippen LogP) is 3.39. The number of fused-ring (bicyclic) bond motifs is 1. The van der Waals surface area contributed by atoms with Crippen LogP contribution in [0.3, 0.4) is 0 Å². The number of nitrogens with zero attached hydrogens (tertiary/aromatic N) is 2. The van der Waals surface area contributed by atoms with Crippen molar-refractivity contribution in [1.29, 1.82) is 0 Å². The number of amides is 1. The van der Waals surface area contributed by atoms with Crippen LogP contribution in [0.25, 0.3) is 0 Å². The Bertz CT molecular complexity index is 657. The third-order valence-electron chi connectivity index (χ3n) is 3.84. The fourth-order valence-corrected chi connectivity index (χ4v) is 4.11. The summed E-state index contributed by atoms with van der Waals surface area (Å²) in [6.07, 6.45) is 3.52. The van der Waals surface area contributed by atoms with Gasteiger partial charge in [-0.3, -0.25) is 9.69 Å². The molecule has 0 saturated heterocycles. The zero-order valence-corrected chi connectivity index (χ0v) is 14.9. The number of carbonyl (C=O) groups is 1. The summed E-state index contributed by atoms with van der Waals surface area (Å²) in [5.74, 6) is 0.911. The van der Waals surface area contributed by atoms with Gasteiger partial charge in [0.1, 0.15) is 0 Å². The molecule has 1 aliphatic rings. The molecule has 4 nitrogen and oxygen atoms in total. The van der Waals surface area contributed by atoms with E-state index in [2.05, 4.69) is 39.5 Å². The summed E-state index contributed by atoms with van der Waals surface area (Å²) in [7, 11) is 0. The van der Waals surface area contributed by atoms with E-state index in [9.17, 15) is 4.79 Å². The lowest BCUT2D eigenvalue weighted by molar-refractivity contribution is -0.115. The highest BCUT2D eigenvalue weighted by Gasteiger charge is 2.21. The number of nitrogens with one attached hydrogen (secondary N) is 1. The molecule has 0 unspecified atom stereocenters. The molecule has 2 aromatic rings. The van der Waals surface area contributed by atoms with Crippen LogP contribution < -0.4 is 5.32 Å². The van der Waals surface area contributed by atoms with Crippen LogP contribution in [0.1, 0.15) is 22.6 Å². The van der Waals surface area contributed by atoms with Crippen LogP contribution in [-0.2, 0) is 24.3 Å². The van der Waals surface area contributed by atoms with Crippen molar-refractivity contribution in [1.82, 2.24) is 9.88 Å². The van der Waals surface area contributed by atoms with E-state index >= 15 is 0 Å². The van der Waals surface area contributed by atoms with Gasteiger partial charge in [0.05, 0.1) is 5.69 Å². The summed E-state index contributed by atoms with van der Waals surface area (Å²) in [5.41, 5.74) is 2.49. The number of thiazole rings is 1. The first-order chi connectivity index (χ1) is 11.2. The van der Waals surface area contributed by atoms with Crippen LogP contribution in [0.2, 0.25) is 0 Å². The van der Waals surface area contributed by atoms with Gasteiger partial charge in [0, 0.05) is 43.1 Å². The Labute approximate surface area is 145 Å². The Balaban J connectivity index is 1.59. The normalized spacial score (nSPS) is 14.5.